The van der Waals surface area contributed by atoms with E-state index in [2.05, 4.69) is 29.4 Å². The molecular formula is C12H18N4S. The molecule has 2 aromatic rings. The van der Waals surface area contributed by atoms with Crippen molar-refractivity contribution in [3.63, 3.8) is 0 Å². The van der Waals surface area contributed by atoms with Crippen molar-refractivity contribution in [2.45, 2.75) is 26.6 Å². The van der Waals surface area contributed by atoms with Crippen molar-refractivity contribution in [1.82, 2.24) is 14.9 Å². The van der Waals surface area contributed by atoms with Gasteiger partial charge in [0, 0.05) is 42.1 Å². The molecule has 0 aromatic carbocycles. The molecule has 0 radical (unpaired) electrons. The fourth-order valence-electron chi connectivity index (χ4n) is 1.66. The van der Waals surface area contributed by atoms with Gasteiger partial charge in [-0.3, -0.25) is 0 Å². The molecule has 0 fully saturated rings. The molecule has 2 rings (SSSR count). The standard InChI is InChI=1S/C12H18N4S/c1-10-2-3-12(17-10)7-14-6-11-8-16(5-4-13)9-15-11/h2-3,8-9,14H,4-7,13H2,1H3. The van der Waals surface area contributed by atoms with Crippen LogP contribution in [0.2, 0.25) is 0 Å². The molecule has 0 saturated heterocycles. The van der Waals surface area contributed by atoms with Crippen LogP contribution in [0.3, 0.4) is 0 Å². The van der Waals surface area contributed by atoms with Gasteiger partial charge in [-0.1, -0.05) is 0 Å². The van der Waals surface area contributed by atoms with E-state index in [1.807, 2.05) is 28.4 Å². The molecule has 0 aliphatic rings. The number of nitrogens with zero attached hydrogens (tertiary/aromatic N) is 2. The minimum atomic E-state index is 0.650. The highest BCUT2D eigenvalue weighted by atomic mass is 32.1. The van der Waals surface area contributed by atoms with E-state index in [4.69, 9.17) is 5.73 Å². The van der Waals surface area contributed by atoms with Crippen molar-refractivity contribution in [3.8, 4) is 0 Å². The molecule has 3 N–H and O–H groups in total. The second-order valence-corrected chi connectivity index (χ2v) is 5.38. The second-order valence-electron chi connectivity index (χ2n) is 4.01. The first kappa shape index (κ1) is 12.3. The van der Waals surface area contributed by atoms with Crippen molar-refractivity contribution in [1.29, 1.82) is 0 Å². The Morgan fingerprint density at radius 3 is 3.00 bits per heavy atom. The zero-order valence-electron chi connectivity index (χ0n) is 10.0. The quantitative estimate of drug-likeness (QED) is 0.817. The van der Waals surface area contributed by atoms with Gasteiger partial charge in [0.2, 0.25) is 0 Å². The molecule has 0 amide bonds. The van der Waals surface area contributed by atoms with E-state index in [-0.39, 0.29) is 0 Å². The van der Waals surface area contributed by atoms with Crippen LogP contribution in [0.5, 0.6) is 0 Å². The summed E-state index contributed by atoms with van der Waals surface area (Å²) in [6.07, 6.45) is 3.87. The maximum Gasteiger partial charge on any atom is 0.0950 e. The van der Waals surface area contributed by atoms with E-state index in [1.54, 1.807) is 0 Å². The van der Waals surface area contributed by atoms with Crippen LogP contribution in [0.4, 0.5) is 0 Å². The van der Waals surface area contributed by atoms with E-state index in [0.717, 1.165) is 25.3 Å². The SMILES string of the molecule is Cc1ccc(CNCc2cn(CCN)cn2)s1. The van der Waals surface area contributed by atoms with E-state index in [1.165, 1.54) is 9.75 Å². The molecular weight excluding hydrogens is 232 g/mol. The Bertz CT molecular complexity index is 461. The summed E-state index contributed by atoms with van der Waals surface area (Å²) >= 11 is 1.83. The zero-order valence-corrected chi connectivity index (χ0v) is 10.8. The Balaban J connectivity index is 1.77. The maximum absolute atomic E-state index is 5.49. The van der Waals surface area contributed by atoms with Crippen LogP contribution in [-0.4, -0.2) is 16.1 Å². The number of imidazole rings is 1. The molecule has 0 aliphatic heterocycles. The van der Waals surface area contributed by atoms with Gasteiger partial charge in [0.25, 0.3) is 0 Å². The van der Waals surface area contributed by atoms with Gasteiger partial charge >= 0.3 is 0 Å². The molecule has 2 aromatic heterocycles. The summed E-state index contributed by atoms with van der Waals surface area (Å²) in [5.74, 6) is 0. The van der Waals surface area contributed by atoms with Gasteiger partial charge in [-0.25, -0.2) is 4.98 Å². The molecule has 92 valence electrons. The van der Waals surface area contributed by atoms with Crippen LogP contribution in [0.1, 0.15) is 15.4 Å². The minimum Gasteiger partial charge on any atom is -0.336 e. The molecule has 0 spiro atoms. The average molecular weight is 250 g/mol. The summed E-state index contributed by atoms with van der Waals surface area (Å²) in [6.45, 7) is 5.31. The smallest absolute Gasteiger partial charge is 0.0950 e. The van der Waals surface area contributed by atoms with Gasteiger partial charge in [0.1, 0.15) is 0 Å². The molecule has 4 nitrogen and oxygen atoms in total. The highest BCUT2D eigenvalue weighted by molar-refractivity contribution is 7.11. The van der Waals surface area contributed by atoms with Crippen molar-refractivity contribution < 1.29 is 0 Å². The maximum atomic E-state index is 5.49. The summed E-state index contributed by atoms with van der Waals surface area (Å²) < 4.78 is 2.02. The lowest BCUT2D eigenvalue weighted by Crippen LogP contribution is -2.12. The molecule has 5 heteroatoms. The summed E-state index contributed by atoms with van der Waals surface area (Å²) in [6, 6.07) is 4.32. The second kappa shape index (κ2) is 5.95. The van der Waals surface area contributed by atoms with E-state index in [0.29, 0.717) is 6.54 Å². The monoisotopic (exact) mass is 250 g/mol. The number of rotatable bonds is 6. The third kappa shape index (κ3) is 3.66. The third-order valence-corrected chi connectivity index (χ3v) is 3.48. The van der Waals surface area contributed by atoms with Crippen LogP contribution >= 0.6 is 11.3 Å². The van der Waals surface area contributed by atoms with Crippen molar-refractivity contribution in [2.24, 2.45) is 5.73 Å². The van der Waals surface area contributed by atoms with Crippen LogP contribution in [-0.2, 0) is 19.6 Å². The normalized spacial score (nSPS) is 10.9. The average Bonchev–Trinajstić information content (AvgIpc) is 2.89. The fraction of sp³-hybridized carbons (Fsp3) is 0.417. The zero-order chi connectivity index (χ0) is 12.1. The number of aryl methyl sites for hydroxylation is 1. The molecule has 17 heavy (non-hydrogen) atoms. The van der Waals surface area contributed by atoms with Gasteiger partial charge < -0.3 is 15.6 Å². The first-order chi connectivity index (χ1) is 8.28. The lowest BCUT2D eigenvalue weighted by atomic mass is 10.4. The summed E-state index contributed by atoms with van der Waals surface area (Å²) in [5, 5.41) is 3.39. The number of nitrogens with one attached hydrogen (secondary N) is 1. The van der Waals surface area contributed by atoms with Crippen LogP contribution in [0, 0.1) is 6.92 Å². The Hall–Kier alpha value is -1.17. The van der Waals surface area contributed by atoms with Gasteiger partial charge in [-0.05, 0) is 19.1 Å². The molecule has 0 aliphatic carbocycles. The highest BCUT2D eigenvalue weighted by Gasteiger charge is 1.99. The molecule has 0 saturated carbocycles. The first-order valence-electron chi connectivity index (χ1n) is 5.74. The summed E-state index contributed by atoms with van der Waals surface area (Å²) in [4.78, 5) is 7.04. The lowest BCUT2D eigenvalue weighted by Gasteiger charge is -2.00. The van der Waals surface area contributed by atoms with Crippen LogP contribution in [0.15, 0.2) is 24.7 Å². The van der Waals surface area contributed by atoms with E-state index in [9.17, 15) is 0 Å². The number of hydrogen-bond donors (Lipinski definition) is 2. The van der Waals surface area contributed by atoms with Gasteiger partial charge in [-0.15, -0.1) is 11.3 Å². The largest absolute Gasteiger partial charge is 0.336 e. The Kier molecular flexibility index (Phi) is 4.30. The lowest BCUT2D eigenvalue weighted by molar-refractivity contribution is 0.683. The number of nitrogens with two attached hydrogens (primary N) is 1. The minimum absolute atomic E-state index is 0.650. The van der Waals surface area contributed by atoms with Crippen molar-refractivity contribution in [3.05, 3.63) is 40.1 Å². The van der Waals surface area contributed by atoms with Crippen molar-refractivity contribution in [2.75, 3.05) is 6.54 Å². The predicted molar refractivity (Wildman–Crippen MR) is 70.9 cm³/mol. The third-order valence-electron chi connectivity index (χ3n) is 2.48. The van der Waals surface area contributed by atoms with Gasteiger partial charge in [0.05, 0.1) is 12.0 Å². The predicted octanol–water partition coefficient (Wildman–Crippen LogP) is 1.50. The Labute approximate surface area is 105 Å². The number of hydrogen-bond acceptors (Lipinski definition) is 4. The fourth-order valence-corrected chi connectivity index (χ4v) is 2.52. The van der Waals surface area contributed by atoms with Gasteiger partial charge in [0.15, 0.2) is 0 Å². The molecule has 2 heterocycles. The van der Waals surface area contributed by atoms with Crippen LogP contribution in [0.25, 0.3) is 0 Å². The summed E-state index contributed by atoms with van der Waals surface area (Å²) in [5.41, 5.74) is 6.55. The molecule has 0 atom stereocenters. The van der Waals surface area contributed by atoms with Crippen LogP contribution < -0.4 is 11.1 Å². The number of aromatic nitrogens is 2. The van der Waals surface area contributed by atoms with Crippen molar-refractivity contribution >= 4 is 11.3 Å². The Morgan fingerprint density at radius 2 is 2.29 bits per heavy atom. The molecule has 0 bridgehead atoms. The topological polar surface area (TPSA) is 55.9 Å². The summed E-state index contributed by atoms with van der Waals surface area (Å²) in [7, 11) is 0. The van der Waals surface area contributed by atoms with E-state index < -0.39 is 0 Å². The van der Waals surface area contributed by atoms with E-state index >= 15 is 0 Å². The molecule has 0 unspecified atom stereocenters. The highest BCUT2D eigenvalue weighted by Crippen LogP contribution is 2.14. The number of thiophene rings is 1. The first-order valence-corrected chi connectivity index (χ1v) is 6.56. The Morgan fingerprint density at radius 1 is 1.41 bits per heavy atom. The van der Waals surface area contributed by atoms with Gasteiger partial charge in [-0.2, -0.15) is 0 Å².